The Balaban J connectivity index is 3.29. The number of hydrogen-bond donors (Lipinski definition) is 0. The molecular formula is C13H14ClNO5. The lowest BCUT2D eigenvalue weighted by molar-refractivity contribution is -0.155. The maximum absolute atomic E-state index is 12.0. The summed E-state index contributed by atoms with van der Waals surface area (Å²) in [7, 11) is 2.24. The maximum Gasteiger partial charge on any atom is 0.340 e. The van der Waals surface area contributed by atoms with Gasteiger partial charge in [0.05, 0.1) is 14.2 Å². The largest absolute Gasteiger partial charge is 0.467 e. The number of hydrogen-bond acceptors (Lipinski definition) is 5. The predicted molar refractivity (Wildman–Crippen MR) is 72.5 cm³/mol. The minimum atomic E-state index is -1.53. The van der Waals surface area contributed by atoms with Crippen molar-refractivity contribution in [3.63, 3.8) is 0 Å². The summed E-state index contributed by atoms with van der Waals surface area (Å²) in [5, 5.41) is 0. The Morgan fingerprint density at radius 1 is 1.10 bits per heavy atom. The van der Waals surface area contributed by atoms with Crippen molar-refractivity contribution in [3.05, 3.63) is 30.3 Å². The number of methoxy groups -OCH3 is 2. The predicted octanol–water partition coefficient (Wildman–Crippen LogP) is 0.973. The fraction of sp³-hybridized carbons (Fsp3) is 0.308. The van der Waals surface area contributed by atoms with E-state index in [9.17, 15) is 14.4 Å². The summed E-state index contributed by atoms with van der Waals surface area (Å²) < 4.78 is 9.11. The molecule has 1 aromatic rings. The van der Waals surface area contributed by atoms with E-state index < -0.39 is 23.9 Å². The van der Waals surface area contributed by atoms with Gasteiger partial charge in [0.1, 0.15) is 5.88 Å². The highest BCUT2D eigenvalue weighted by atomic mass is 35.5. The van der Waals surface area contributed by atoms with Crippen LogP contribution in [0.5, 0.6) is 0 Å². The van der Waals surface area contributed by atoms with Gasteiger partial charge in [-0.25, -0.2) is 9.59 Å². The molecule has 0 saturated heterocycles. The van der Waals surface area contributed by atoms with Crippen LogP contribution in [-0.2, 0) is 23.9 Å². The molecule has 0 unspecified atom stereocenters. The van der Waals surface area contributed by atoms with Crippen LogP contribution in [0.4, 0.5) is 5.69 Å². The number of benzene rings is 1. The number of halogens is 1. The standard InChI is InChI=1S/C13H14ClNO5/c1-19-12(17)11(13(18)20-2)15(10(16)8-14)9-6-4-3-5-7-9/h3-7,11H,8H2,1-2H3. The van der Waals surface area contributed by atoms with Gasteiger partial charge in [-0.3, -0.25) is 9.69 Å². The summed E-state index contributed by atoms with van der Waals surface area (Å²) in [5.74, 6) is -2.81. The van der Waals surface area contributed by atoms with Crippen molar-refractivity contribution in [1.82, 2.24) is 0 Å². The lowest BCUT2D eigenvalue weighted by atomic mass is 10.2. The summed E-state index contributed by atoms with van der Waals surface area (Å²) in [4.78, 5) is 36.5. The monoisotopic (exact) mass is 299 g/mol. The van der Waals surface area contributed by atoms with Gasteiger partial charge in [-0.15, -0.1) is 11.6 Å². The maximum atomic E-state index is 12.0. The van der Waals surface area contributed by atoms with Crippen LogP contribution in [0, 0.1) is 0 Å². The number of nitrogens with zero attached hydrogens (tertiary/aromatic N) is 1. The number of ether oxygens (including phenoxy) is 2. The minimum Gasteiger partial charge on any atom is -0.467 e. The highest BCUT2D eigenvalue weighted by Crippen LogP contribution is 2.19. The number of carbonyl (C=O) groups excluding carboxylic acids is 3. The van der Waals surface area contributed by atoms with E-state index in [4.69, 9.17) is 11.6 Å². The summed E-state index contributed by atoms with van der Waals surface area (Å²) in [5.41, 5.74) is 0.346. The number of carbonyl (C=O) groups is 3. The van der Waals surface area contributed by atoms with Crippen molar-refractivity contribution in [2.75, 3.05) is 25.0 Å². The Labute approximate surface area is 121 Å². The summed E-state index contributed by atoms with van der Waals surface area (Å²) in [6, 6.07) is 6.68. The van der Waals surface area contributed by atoms with E-state index in [0.29, 0.717) is 5.69 Å². The molecule has 1 amide bonds. The average Bonchev–Trinajstić information content (AvgIpc) is 2.51. The first-order valence-electron chi connectivity index (χ1n) is 5.65. The van der Waals surface area contributed by atoms with E-state index in [1.807, 2.05) is 0 Å². The first kappa shape index (κ1) is 16.0. The number of para-hydroxylation sites is 1. The molecule has 6 nitrogen and oxygen atoms in total. The number of anilines is 1. The number of rotatable bonds is 5. The Bertz CT molecular complexity index is 475. The first-order valence-corrected chi connectivity index (χ1v) is 6.19. The van der Waals surface area contributed by atoms with Crippen molar-refractivity contribution in [2.45, 2.75) is 6.04 Å². The van der Waals surface area contributed by atoms with Crippen LogP contribution in [0.1, 0.15) is 0 Å². The van der Waals surface area contributed by atoms with Gasteiger partial charge in [0, 0.05) is 5.69 Å². The molecular weight excluding hydrogens is 286 g/mol. The van der Waals surface area contributed by atoms with Crippen LogP contribution in [0.15, 0.2) is 30.3 Å². The third kappa shape index (κ3) is 3.48. The fourth-order valence-corrected chi connectivity index (χ4v) is 1.75. The molecule has 1 rings (SSSR count). The Morgan fingerprint density at radius 2 is 1.60 bits per heavy atom. The smallest absolute Gasteiger partial charge is 0.340 e. The van der Waals surface area contributed by atoms with Gasteiger partial charge in [0.25, 0.3) is 0 Å². The van der Waals surface area contributed by atoms with Gasteiger partial charge >= 0.3 is 11.9 Å². The van der Waals surface area contributed by atoms with Gasteiger partial charge in [-0.1, -0.05) is 18.2 Å². The topological polar surface area (TPSA) is 72.9 Å². The average molecular weight is 300 g/mol. The quantitative estimate of drug-likeness (QED) is 0.460. The van der Waals surface area contributed by atoms with Crippen molar-refractivity contribution >= 4 is 35.1 Å². The van der Waals surface area contributed by atoms with E-state index in [1.165, 1.54) is 0 Å². The Hall–Kier alpha value is -2.08. The molecule has 0 atom stereocenters. The highest BCUT2D eigenvalue weighted by Gasteiger charge is 2.38. The van der Waals surface area contributed by atoms with E-state index in [2.05, 4.69) is 9.47 Å². The molecule has 0 saturated carbocycles. The second kappa shape index (κ2) is 7.49. The van der Waals surface area contributed by atoms with Gasteiger partial charge in [0.15, 0.2) is 0 Å². The van der Waals surface area contributed by atoms with Crippen molar-refractivity contribution in [1.29, 1.82) is 0 Å². The second-order valence-electron chi connectivity index (χ2n) is 3.68. The molecule has 108 valence electrons. The Morgan fingerprint density at radius 3 is 2.00 bits per heavy atom. The minimum absolute atomic E-state index is 0.346. The van der Waals surface area contributed by atoms with E-state index in [0.717, 1.165) is 19.1 Å². The summed E-state index contributed by atoms with van der Waals surface area (Å²) >= 11 is 5.54. The van der Waals surface area contributed by atoms with Crippen molar-refractivity contribution in [3.8, 4) is 0 Å². The zero-order chi connectivity index (χ0) is 15.1. The number of alkyl halides is 1. The molecule has 0 aliphatic heterocycles. The zero-order valence-electron chi connectivity index (χ0n) is 11.0. The first-order chi connectivity index (χ1) is 9.56. The SMILES string of the molecule is COC(=O)C(C(=O)OC)N(C(=O)CCl)c1ccccc1. The van der Waals surface area contributed by atoms with Crippen LogP contribution < -0.4 is 4.90 Å². The molecule has 0 aliphatic rings. The molecule has 20 heavy (non-hydrogen) atoms. The molecule has 0 bridgehead atoms. The summed E-state index contributed by atoms with van der Waals surface area (Å²) in [6.45, 7) is 0. The molecule has 0 heterocycles. The zero-order valence-corrected chi connectivity index (χ0v) is 11.8. The van der Waals surface area contributed by atoms with Crippen molar-refractivity contribution < 1.29 is 23.9 Å². The van der Waals surface area contributed by atoms with Gasteiger partial charge in [-0.05, 0) is 12.1 Å². The van der Waals surface area contributed by atoms with Crippen LogP contribution in [-0.4, -0.2) is 44.0 Å². The Kier molecular flexibility index (Phi) is 5.99. The van der Waals surface area contributed by atoms with E-state index in [1.54, 1.807) is 30.3 Å². The molecule has 0 aliphatic carbocycles. The van der Waals surface area contributed by atoms with Crippen LogP contribution in [0.3, 0.4) is 0 Å². The van der Waals surface area contributed by atoms with Crippen LogP contribution in [0.25, 0.3) is 0 Å². The number of esters is 2. The van der Waals surface area contributed by atoms with Crippen LogP contribution >= 0.6 is 11.6 Å². The molecule has 0 aromatic heterocycles. The van der Waals surface area contributed by atoms with Crippen molar-refractivity contribution in [2.24, 2.45) is 0 Å². The molecule has 0 N–H and O–H groups in total. The van der Waals surface area contributed by atoms with E-state index in [-0.39, 0.29) is 5.88 Å². The van der Waals surface area contributed by atoms with Gasteiger partial charge in [0.2, 0.25) is 11.9 Å². The summed E-state index contributed by atoms with van der Waals surface area (Å²) in [6.07, 6.45) is 0. The van der Waals surface area contributed by atoms with E-state index >= 15 is 0 Å². The lowest BCUT2D eigenvalue weighted by Crippen LogP contribution is -2.51. The lowest BCUT2D eigenvalue weighted by Gasteiger charge is -2.27. The molecule has 0 radical (unpaired) electrons. The van der Waals surface area contributed by atoms with Crippen LogP contribution in [0.2, 0.25) is 0 Å². The fourth-order valence-electron chi connectivity index (χ4n) is 1.62. The molecule has 1 aromatic carbocycles. The third-order valence-electron chi connectivity index (χ3n) is 2.52. The highest BCUT2D eigenvalue weighted by molar-refractivity contribution is 6.30. The normalized spacial score (nSPS) is 10.0. The molecule has 7 heteroatoms. The molecule has 0 fully saturated rings. The third-order valence-corrected chi connectivity index (χ3v) is 2.75. The number of amides is 1. The van der Waals surface area contributed by atoms with Gasteiger partial charge < -0.3 is 9.47 Å². The second-order valence-corrected chi connectivity index (χ2v) is 3.95. The van der Waals surface area contributed by atoms with Gasteiger partial charge in [-0.2, -0.15) is 0 Å². The molecule has 0 spiro atoms.